The Labute approximate surface area is 86.7 Å². The third kappa shape index (κ3) is 2.06. The average Bonchev–Trinajstić information content (AvgIpc) is 2.79. The van der Waals surface area contributed by atoms with E-state index in [1.54, 1.807) is 5.57 Å². The molecule has 0 aromatic rings. The minimum atomic E-state index is 0.770. The molecule has 2 atom stereocenters. The van der Waals surface area contributed by atoms with E-state index in [4.69, 9.17) is 0 Å². The summed E-state index contributed by atoms with van der Waals surface area (Å²) in [4.78, 5) is 0. The SMILES string of the molecule is CC=CCC=CC=C1CC2C=CC1C2. The van der Waals surface area contributed by atoms with Crippen LogP contribution in [0.25, 0.3) is 0 Å². The summed E-state index contributed by atoms with van der Waals surface area (Å²) in [5.74, 6) is 1.63. The Kier molecular flexibility index (Phi) is 3.03. The monoisotopic (exact) mass is 186 g/mol. The highest BCUT2D eigenvalue weighted by Crippen LogP contribution is 2.42. The highest BCUT2D eigenvalue weighted by Gasteiger charge is 2.29. The quantitative estimate of drug-likeness (QED) is 0.584. The van der Waals surface area contributed by atoms with Gasteiger partial charge in [0.2, 0.25) is 0 Å². The van der Waals surface area contributed by atoms with Crippen molar-refractivity contribution in [3.8, 4) is 0 Å². The smallest absolute Gasteiger partial charge is 0.00141 e. The number of rotatable bonds is 3. The predicted octanol–water partition coefficient (Wildman–Crippen LogP) is 4.03. The first kappa shape index (κ1) is 9.51. The van der Waals surface area contributed by atoms with Gasteiger partial charge in [-0.05, 0) is 38.0 Å². The van der Waals surface area contributed by atoms with Gasteiger partial charge in [-0.1, -0.05) is 48.1 Å². The summed E-state index contributed by atoms with van der Waals surface area (Å²) in [6.07, 6.45) is 19.5. The zero-order valence-electron chi connectivity index (χ0n) is 8.82. The number of fused-ring (bicyclic) bond motifs is 2. The third-order valence-corrected chi connectivity index (χ3v) is 3.10. The van der Waals surface area contributed by atoms with Crippen molar-refractivity contribution in [2.45, 2.75) is 26.2 Å². The maximum absolute atomic E-state index is 2.38. The fourth-order valence-corrected chi connectivity index (χ4v) is 2.33. The van der Waals surface area contributed by atoms with Crippen LogP contribution in [0.4, 0.5) is 0 Å². The van der Waals surface area contributed by atoms with Crippen LogP contribution < -0.4 is 0 Å². The largest absolute Gasteiger partial charge is 0.0914 e. The van der Waals surface area contributed by atoms with Crippen LogP contribution in [0.5, 0.6) is 0 Å². The molecule has 2 aliphatic rings. The highest BCUT2D eigenvalue weighted by molar-refractivity contribution is 5.29. The van der Waals surface area contributed by atoms with Gasteiger partial charge < -0.3 is 0 Å². The maximum atomic E-state index is 2.38. The van der Waals surface area contributed by atoms with Crippen molar-refractivity contribution in [2.75, 3.05) is 0 Å². The van der Waals surface area contributed by atoms with E-state index in [0.29, 0.717) is 0 Å². The number of hydrogen-bond acceptors (Lipinski definition) is 0. The van der Waals surface area contributed by atoms with Gasteiger partial charge >= 0.3 is 0 Å². The summed E-state index contributed by atoms with van der Waals surface area (Å²) in [6.45, 7) is 2.06. The fourth-order valence-electron chi connectivity index (χ4n) is 2.33. The molecule has 2 aliphatic carbocycles. The Balaban J connectivity index is 1.87. The molecule has 0 spiro atoms. The van der Waals surface area contributed by atoms with E-state index in [-0.39, 0.29) is 0 Å². The highest BCUT2D eigenvalue weighted by atomic mass is 14.3. The Hall–Kier alpha value is -1.04. The number of allylic oxidation sites excluding steroid dienone is 8. The van der Waals surface area contributed by atoms with Gasteiger partial charge in [0.25, 0.3) is 0 Å². The summed E-state index contributed by atoms with van der Waals surface area (Å²) >= 11 is 0. The molecule has 0 saturated heterocycles. The van der Waals surface area contributed by atoms with Crippen molar-refractivity contribution in [3.05, 3.63) is 48.1 Å². The van der Waals surface area contributed by atoms with E-state index in [1.165, 1.54) is 12.8 Å². The van der Waals surface area contributed by atoms with Gasteiger partial charge in [0.05, 0.1) is 0 Å². The third-order valence-electron chi connectivity index (χ3n) is 3.10. The Bertz CT molecular complexity index is 302. The lowest BCUT2D eigenvalue weighted by Gasteiger charge is -2.05. The van der Waals surface area contributed by atoms with Crippen LogP contribution in [0.3, 0.4) is 0 Å². The van der Waals surface area contributed by atoms with Crippen molar-refractivity contribution in [1.82, 2.24) is 0 Å². The van der Waals surface area contributed by atoms with Gasteiger partial charge in [-0.2, -0.15) is 0 Å². The normalized spacial score (nSPS) is 33.1. The minimum Gasteiger partial charge on any atom is -0.0914 e. The van der Waals surface area contributed by atoms with E-state index < -0.39 is 0 Å². The van der Waals surface area contributed by atoms with E-state index in [1.807, 2.05) is 0 Å². The predicted molar refractivity (Wildman–Crippen MR) is 62.0 cm³/mol. The van der Waals surface area contributed by atoms with Gasteiger partial charge in [-0.25, -0.2) is 0 Å². The van der Waals surface area contributed by atoms with E-state index in [2.05, 4.69) is 49.5 Å². The van der Waals surface area contributed by atoms with Crippen LogP contribution in [-0.4, -0.2) is 0 Å². The fraction of sp³-hybridized carbons (Fsp3) is 0.429. The van der Waals surface area contributed by atoms with Gasteiger partial charge in [-0.3, -0.25) is 0 Å². The van der Waals surface area contributed by atoms with Crippen molar-refractivity contribution < 1.29 is 0 Å². The molecule has 0 N–H and O–H groups in total. The summed E-state index contributed by atoms with van der Waals surface area (Å²) in [7, 11) is 0. The number of hydrogen-bond donors (Lipinski definition) is 0. The van der Waals surface area contributed by atoms with Crippen LogP contribution in [0.2, 0.25) is 0 Å². The second kappa shape index (κ2) is 4.45. The molecule has 74 valence electrons. The van der Waals surface area contributed by atoms with Crippen molar-refractivity contribution in [2.24, 2.45) is 11.8 Å². The summed E-state index contributed by atoms with van der Waals surface area (Å²) in [5.41, 5.74) is 1.63. The molecule has 2 unspecified atom stereocenters. The first-order valence-electron chi connectivity index (χ1n) is 5.55. The molecule has 0 aromatic carbocycles. The van der Waals surface area contributed by atoms with Crippen LogP contribution in [-0.2, 0) is 0 Å². The molecular formula is C14H18. The maximum Gasteiger partial charge on any atom is -0.00141 e. The summed E-state index contributed by atoms with van der Waals surface area (Å²) in [5, 5.41) is 0. The first-order chi connectivity index (χ1) is 6.90. The first-order valence-corrected chi connectivity index (χ1v) is 5.55. The molecule has 2 bridgehead atoms. The molecule has 0 nitrogen and oxygen atoms in total. The second-order valence-electron chi connectivity index (χ2n) is 4.17. The molecule has 1 fully saturated rings. The van der Waals surface area contributed by atoms with Crippen LogP contribution in [0, 0.1) is 11.8 Å². The Morgan fingerprint density at radius 2 is 2.29 bits per heavy atom. The van der Waals surface area contributed by atoms with E-state index >= 15 is 0 Å². The topological polar surface area (TPSA) is 0 Å². The van der Waals surface area contributed by atoms with E-state index in [0.717, 1.165) is 18.3 Å². The van der Waals surface area contributed by atoms with Gasteiger partial charge in [0.1, 0.15) is 0 Å². The summed E-state index contributed by atoms with van der Waals surface area (Å²) in [6, 6.07) is 0. The Morgan fingerprint density at radius 3 is 2.93 bits per heavy atom. The Morgan fingerprint density at radius 1 is 1.36 bits per heavy atom. The second-order valence-corrected chi connectivity index (χ2v) is 4.17. The standard InChI is InChI=1S/C14H18/c1-2-3-4-5-6-7-13-10-12-8-9-14(13)11-12/h2-3,5-9,12,14H,4,10-11H2,1H3. The molecule has 1 saturated carbocycles. The summed E-state index contributed by atoms with van der Waals surface area (Å²) < 4.78 is 0. The molecular weight excluding hydrogens is 168 g/mol. The lowest BCUT2D eigenvalue weighted by atomic mass is 10.0. The van der Waals surface area contributed by atoms with Gasteiger partial charge in [0, 0.05) is 0 Å². The molecule has 0 amide bonds. The van der Waals surface area contributed by atoms with Crippen molar-refractivity contribution in [3.63, 3.8) is 0 Å². The zero-order chi connectivity index (χ0) is 9.80. The molecule has 14 heavy (non-hydrogen) atoms. The van der Waals surface area contributed by atoms with Crippen molar-refractivity contribution in [1.29, 1.82) is 0 Å². The molecule has 0 heteroatoms. The molecule has 2 rings (SSSR count). The molecule has 0 aromatic heterocycles. The average molecular weight is 186 g/mol. The van der Waals surface area contributed by atoms with Gasteiger partial charge in [-0.15, -0.1) is 0 Å². The zero-order valence-corrected chi connectivity index (χ0v) is 8.82. The molecule has 0 radical (unpaired) electrons. The lowest BCUT2D eigenvalue weighted by molar-refractivity contribution is 0.693. The van der Waals surface area contributed by atoms with Crippen LogP contribution in [0.1, 0.15) is 26.2 Å². The van der Waals surface area contributed by atoms with Crippen molar-refractivity contribution >= 4 is 0 Å². The van der Waals surface area contributed by atoms with E-state index in [9.17, 15) is 0 Å². The van der Waals surface area contributed by atoms with Crippen LogP contribution in [0.15, 0.2) is 48.1 Å². The lowest BCUT2D eigenvalue weighted by Crippen LogP contribution is -1.90. The molecule has 0 aliphatic heterocycles. The van der Waals surface area contributed by atoms with Gasteiger partial charge in [0.15, 0.2) is 0 Å². The molecule has 0 heterocycles. The minimum absolute atomic E-state index is 0.770. The van der Waals surface area contributed by atoms with Crippen LogP contribution >= 0.6 is 0 Å².